The zero-order valence-electron chi connectivity index (χ0n) is 12.2. The smallest absolute Gasteiger partial charge is 0.408 e. The third kappa shape index (κ3) is 2.47. The van der Waals surface area contributed by atoms with Crippen molar-refractivity contribution in [3.63, 3.8) is 0 Å². The van der Waals surface area contributed by atoms with Crippen molar-refractivity contribution in [3.8, 4) is 0 Å². The fourth-order valence-corrected chi connectivity index (χ4v) is 4.74. The molecule has 0 aromatic heterocycles. The van der Waals surface area contributed by atoms with E-state index in [1.807, 2.05) is 20.8 Å². The van der Waals surface area contributed by atoms with Crippen molar-refractivity contribution in [2.75, 3.05) is 0 Å². The molecule has 4 nitrogen and oxygen atoms in total. The normalized spacial score (nSPS) is 44.2. The molecule has 4 bridgehead atoms. The van der Waals surface area contributed by atoms with Gasteiger partial charge in [-0.25, -0.2) is 4.79 Å². The molecule has 19 heavy (non-hydrogen) atoms. The van der Waals surface area contributed by atoms with Gasteiger partial charge in [0.1, 0.15) is 5.60 Å². The molecule has 3 N–H and O–H groups in total. The quantitative estimate of drug-likeness (QED) is 0.766. The Morgan fingerprint density at radius 3 is 2.32 bits per heavy atom. The Morgan fingerprint density at radius 1 is 1.21 bits per heavy atom. The maximum absolute atomic E-state index is 12.1. The molecule has 0 aliphatic heterocycles. The lowest BCUT2D eigenvalue weighted by Gasteiger charge is -2.59. The van der Waals surface area contributed by atoms with Gasteiger partial charge < -0.3 is 15.8 Å². The Morgan fingerprint density at radius 2 is 1.79 bits per heavy atom. The van der Waals surface area contributed by atoms with Gasteiger partial charge in [-0.2, -0.15) is 0 Å². The number of carbonyl (C=O) groups is 1. The molecule has 1 amide bonds. The first kappa shape index (κ1) is 13.2. The van der Waals surface area contributed by atoms with Crippen molar-refractivity contribution in [2.45, 2.75) is 70.1 Å². The zero-order valence-corrected chi connectivity index (χ0v) is 12.2. The van der Waals surface area contributed by atoms with Crippen LogP contribution in [0.5, 0.6) is 0 Å². The molecule has 4 aliphatic carbocycles. The molecule has 0 spiro atoms. The summed E-state index contributed by atoms with van der Waals surface area (Å²) in [5, 5.41) is 3.18. The average molecular weight is 266 g/mol. The van der Waals surface area contributed by atoms with Gasteiger partial charge in [-0.05, 0) is 70.6 Å². The Hall–Kier alpha value is -0.770. The number of ether oxygens (including phenoxy) is 1. The Bertz CT molecular complexity index is 372. The summed E-state index contributed by atoms with van der Waals surface area (Å²) < 4.78 is 5.42. The molecule has 2 unspecified atom stereocenters. The van der Waals surface area contributed by atoms with Gasteiger partial charge in [0.2, 0.25) is 0 Å². The molecule has 0 aromatic rings. The molecule has 0 radical (unpaired) electrons. The summed E-state index contributed by atoms with van der Waals surface area (Å²) >= 11 is 0. The summed E-state index contributed by atoms with van der Waals surface area (Å²) in [6.07, 6.45) is 5.46. The standard InChI is InChI=1S/C15H26N2O2/c1-14(2,3)19-13(18)17-15-6-9-4-10(7-15)12(16)11(5-9)8-15/h9-12H,4-8,16H2,1-3H3,(H,17,18). The number of nitrogens with one attached hydrogen (secondary N) is 1. The van der Waals surface area contributed by atoms with Gasteiger partial charge in [0, 0.05) is 11.6 Å². The first-order valence-corrected chi connectivity index (χ1v) is 7.53. The number of nitrogens with two attached hydrogens (primary N) is 1. The maximum Gasteiger partial charge on any atom is 0.408 e. The summed E-state index contributed by atoms with van der Waals surface area (Å²) in [5.74, 6) is 1.95. The van der Waals surface area contributed by atoms with Gasteiger partial charge in [-0.15, -0.1) is 0 Å². The third-order valence-electron chi connectivity index (χ3n) is 5.11. The van der Waals surface area contributed by atoms with Gasteiger partial charge >= 0.3 is 6.09 Å². The van der Waals surface area contributed by atoms with E-state index in [0.717, 1.165) is 25.2 Å². The molecule has 2 atom stereocenters. The molecule has 4 saturated carbocycles. The largest absolute Gasteiger partial charge is 0.444 e. The molecule has 4 rings (SSSR count). The fourth-order valence-electron chi connectivity index (χ4n) is 4.74. The number of rotatable bonds is 1. The van der Waals surface area contributed by atoms with Crippen LogP contribution in [0.3, 0.4) is 0 Å². The lowest BCUT2D eigenvalue weighted by molar-refractivity contribution is -0.0399. The van der Waals surface area contributed by atoms with Crippen LogP contribution in [0.25, 0.3) is 0 Å². The van der Waals surface area contributed by atoms with Gasteiger partial charge in [-0.3, -0.25) is 0 Å². The van der Waals surface area contributed by atoms with E-state index >= 15 is 0 Å². The van der Waals surface area contributed by atoms with Crippen molar-refractivity contribution < 1.29 is 9.53 Å². The van der Waals surface area contributed by atoms with Crippen molar-refractivity contribution in [3.05, 3.63) is 0 Å². The molecular formula is C15H26N2O2. The number of carbonyl (C=O) groups excluding carboxylic acids is 1. The van der Waals surface area contributed by atoms with E-state index in [0.29, 0.717) is 17.9 Å². The van der Waals surface area contributed by atoms with Crippen LogP contribution in [0.4, 0.5) is 4.79 Å². The number of hydrogen-bond donors (Lipinski definition) is 2. The Kier molecular flexibility index (Phi) is 2.86. The molecular weight excluding hydrogens is 240 g/mol. The molecule has 0 saturated heterocycles. The topological polar surface area (TPSA) is 64.3 Å². The maximum atomic E-state index is 12.1. The highest BCUT2D eigenvalue weighted by molar-refractivity contribution is 5.69. The predicted octanol–water partition coefficient (Wildman–Crippen LogP) is 2.42. The SMILES string of the molecule is CC(C)(C)OC(=O)NC12CC3CC(C1)C(N)C(C3)C2. The minimum Gasteiger partial charge on any atom is -0.444 e. The van der Waals surface area contributed by atoms with Crippen molar-refractivity contribution in [1.29, 1.82) is 0 Å². The minimum absolute atomic E-state index is 0.0330. The Labute approximate surface area is 115 Å². The second-order valence-electron chi connectivity index (χ2n) is 7.95. The molecule has 108 valence electrons. The van der Waals surface area contributed by atoms with Crippen LogP contribution < -0.4 is 11.1 Å². The molecule has 4 aliphatic rings. The molecule has 0 aromatic carbocycles. The highest BCUT2D eigenvalue weighted by atomic mass is 16.6. The van der Waals surface area contributed by atoms with E-state index in [1.54, 1.807) is 0 Å². The van der Waals surface area contributed by atoms with E-state index in [2.05, 4.69) is 5.32 Å². The summed E-state index contributed by atoms with van der Waals surface area (Å²) in [6, 6.07) is 0.352. The monoisotopic (exact) mass is 266 g/mol. The van der Waals surface area contributed by atoms with Crippen molar-refractivity contribution in [2.24, 2.45) is 23.5 Å². The van der Waals surface area contributed by atoms with Gasteiger partial charge in [-0.1, -0.05) is 0 Å². The summed E-state index contributed by atoms with van der Waals surface area (Å²) in [4.78, 5) is 12.1. The van der Waals surface area contributed by atoms with Crippen LogP contribution >= 0.6 is 0 Å². The predicted molar refractivity (Wildman–Crippen MR) is 73.6 cm³/mol. The van der Waals surface area contributed by atoms with Gasteiger partial charge in [0.25, 0.3) is 0 Å². The van der Waals surface area contributed by atoms with E-state index in [1.165, 1.54) is 12.8 Å². The van der Waals surface area contributed by atoms with Crippen LogP contribution in [0.15, 0.2) is 0 Å². The fraction of sp³-hybridized carbons (Fsp3) is 0.933. The van der Waals surface area contributed by atoms with Crippen LogP contribution in [0.1, 0.15) is 52.9 Å². The van der Waals surface area contributed by atoms with Gasteiger partial charge in [0.15, 0.2) is 0 Å². The lowest BCUT2D eigenvalue weighted by atomic mass is 9.51. The summed E-state index contributed by atoms with van der Waals surface area (Å²) in [6.45, 7) is 5.71. The van der Waals surface area contributed by atoms with Crippen molar-refractivity contribution >= 4 is 6.09 Å². The van der Waals surface area contributed by atoms with E-state index in [9.17, 15) is 4.79 Å². The van der Waals surface area contributed by atoms with Crippen LogP contribution in [0, 0.1) is 17.8 Å². The average Bonchev–Trinajstić information content (AvgIpc) is 2.20. The third-order valence-corrected chi connectivity index (χ3v) is 5.11. The highest BCUT2D eigenvalue weighted by Crippen LogP contribution is 2.55. The lowest BCUT2D eigenvalue weighted by Crippen LogP contribution is -2.65. The molecule has 4 heteroatoms. The van der Waals surface area contributed by atoms with E-state index in [-0.39, 0.29) is 11.6 Å². The van der Waals surface area contributed by atoms with Crippen LogP contribution in [-0.4, -0.2) is 23.3 Å². The number of amides is 1. The van der Waals surface area contributed by atoms with Crippen LogP contribution in [0.2, 0.25) is 0 Å². The summed E-state index contributed by atoms with van der Waals surface area (Å²) in [5.41, 5.74) is 5.85. The van der Waals surface area contributed by atoms with Crippen LogP contribution in [-0.2, 0) is 4.74 Å². The first-order chi connectivity index (χ1) is 8.76. The van der Waals surface area contributed by atoms with E-state index < -0.39 is 5.60 Å². The second kappa shape index (κ2) is 4.11. The second-order valence-corrected chi connectivity index (χ2v) is 7.95. The summed E-state index contributed by atoms with van der Waals surface area (Å²) in [7, 11) is 0. The highest BCUT2D eigenvalue weighted by Gasteiger charge is 2.55. The zero-order chi connectivity index (χ0) is 13.8. The molecule has 4 fully saturated rings. The Balaban J connectivity index is 1.70. The van der Waals surface area contributed by atoms with Crippen molar-refractivity contribution in [1.82, 2.24) is 5.32 Å². The first-order valence-electron chi connectivity index (χ1n) is 7.53. The number of hydrogen-bond acceptors (Lipinski definition) is 3. The van der Waals surface area contributed by atoms with E-state index in [4.69, 9.17) is 10.5 Å². The number of alkyl carbamates (subject to hydrolysis) is 1. The molecule has 0 heterocycles. The van der Waals surface area contributed by atoms with Gasteiger partial charge in [0.05, 0.1) is 0 Å². The minimum atomic E-state index is -0.428.